The zero-order valence-corrected chi connectivity index (χ0v) is 12.7. The number of hydrogen-bond donors (Lipinski definition) is 3. The molecule has 2 aromatic rings. The smallest absolute Gasteiger partial charge is 0.339 e. The molecule has 7 heteroatoms. The quantitative estimate of drug-likeness (QED) is 0.444. The molecule has 0 radical (unpaired) electrons. The fourth-order valence-corrected chi connectivity index (χ4v) is 2.02. The van der Waals surface area contributed by atoms with E-state index in [-0.39, 0.29) is 11.3 Å². The number of phenolic OH excluding ortho intramolecular Hbond substituents is 1. The molecule has 1 amide bonds. The normalized spacial score (nSPS) is 11.7. The molecule has 0 saturated carbocycles. The number of nitrogens with zero attached hydrogens (tertiary/aromatic N) is 1. The fourth-order valence-electron chi connectivity index (χ4n) is 2.02. The summed E-state index contributed by atoms with van der Waals surface area (Å²) in [7, 11) is 2.96. The van der Waals surface area contributed by atoms with E-state index in [1.165, 1.54) is 31.1 Å². The van der Waals surface area contributed by atoms with Gasteiger partial charge in [-0.1, -0.05) is 12.1 Å². The van der Waals surface area contributed by atoms with E-state index in [0.717, 1.165) is 10.8 Å². The Bertz CT molecular complexity index is 786. The molecule has 2 rings (SSSR count). The number of nitrogens with two attached hydrogens (primary N) is 1. The van der Waals surface area contributed by atoms with Crippen molar-refractivity contribution in [2.24, 2.45) is 5.73 Å². The second-order valence-electron chi connectivity index (χ2n) is 5.22. The minimum atomic E-state index is -1.45. The van der Waals surface area contributed by atoms with Gasteiger partial charge in [0.1, 0.15) is 11.6 Å². The molecule has 0 saturated heterocycles. The fraction of sp³-hybridized carbons (Fsp3) is 0.188. The first kappa shape index (κ1) is 16.3. The van der Waals surface area contributed by atoms with Crippen molar-refractivity contribution >= 4 is 28.5 Å². The van der Waals surface area contributed by atoms with Crippen LogP contribution in [0.5, 0.6) is 5.75 Å². The number of carbonyl (C=O) groups excluding carboxylic acids is 2. The molecule has 0 aliphatic heterocycles. The maximum atomic E-state index is 12.2. The Kier molecular flexibility index (Phi) is 4.49. The zero-order chi connectivity index (χ0) is 17.1. The molecule has 0 heterocycles. The Balaban J connectivity index is 2.27. The number of fused-ring (bicyclic) bond motifs is 1. The maximum Gasteiger partial charge on any atom is 0.339 e. The first-order chi connectivity index (χ1) is 10.8. The van der Waals surface area contributed by atoms with Gasteiger partial charge < -0.3 is 20.5 Å². The number of esters is 1. The van der Waals surface area contributed by atoms with Crippen molar-refractivity contribution in [1.29, 1.82) is 5.41 Å². The molecular formula is C16H17N3O4. The summed E-state index contributed by atoms with van der Waals surface area (Å²) < 4.78 is 5.06. The molecular weight excluding hydrogens is 298 g/mol. The standard InChI is InChI=1S/C16H17N3O4/c1-19(2)15(21)13(14(17)18)23-16(22)11-4-3-10-8-12(20)6-5-9(10)7-11/h3-8,13,20H,1-2H3,(H3,17,18). The molecule has 1 atom stereocenters. The van der Waals surface area contributed by atoms with Crippen molar-refractivity contribution in [3.05, 3.63) is 42.0 Å². The van der Waals surface area contributed by atoms with Crippen LogP contribution in [-0.4, -0.2) is 47.9 Å². The summed E-state index contributed by atoms with van der Waals surface area (Å²) in [6.45, 7) is 0. The van der Waals surface area contributed by atoms with Crippen LogP contribution in [-0.2, 0) is 9.53 Å². The van der Waals surface area contributed by atoms with Gasteiger partial charge in [-0.05, 0) is 35.0 Å². The summed E-state index contributed by atoms with van der Waals surface area (Å²) in [5, 5.41) is 18.3. The zero-order valence-electron chi connectivity index (χ0n) is 12.7. The number of likely N-dealkylation sites (N-methyl/N-ethyl adjacent to an activating group) is 1. The third-order valence-corrected chi connectivity index (χ3v) is 3.23. The van der Waals surface area contributed by atoms with Gasteiger partial charge in [0.05, 0.1) is 5.56 Å². The molecule has 2 aromatic carbocycles. The first-order valence-electron chi connectivity index (χ1n) is 6.78. The van der Waals surface area contributed by atoms with Gasteiger partial charge in [-0.2, -0.15) is 0 Å². The van der Waals surface area contributed by atoms with Gasteiger partial charge in [0, 0.05) is 14.1 Å². The van der Waals surface area contributed by atoms with Crippen LogP contribution >= 0.6 is 0 Å². The molecule has 0 aliphatic rings. The summed E-state index contributed by atoms with van der Waals surface area (Å²) in [5.41, 5.74) is 5.56. The van der Waals surface area contributed by atoms with E-state index in [1.54, 1.807) is 24.3 Å². The van der Waals surface area contributed by atoms with Gasteiger partial charge in [0.25, 0.3) is 5.91 Å². The van der Waals surface area contributed by atoms with Crippen LogP contribution in [0.15, 0.2) is 36.4 Å². The van der Waals surface area contributed by atoms with E-state index in [1.807, 2.05) is 0 Å². The van der Waals surface area contributed by atoms with E-state index in [2.05, 4.69) is 0 Å². The summed E-state index contributed by atoms with van der Waals surface area (Å²) in [5.74, 6) is -1.75. The van der Waals surface area contributed by atoms with Crippen LogP contribution < -0.4 is 5.73 Å². The maximum absolute atomic E-state index is 12.2. The molecule has 120 valence electrons. The van der Waals surface area contributed by atoms with Crippen LogP contribution in [0.25, 0.3) is 10.8 Å². The summed E-state index contributed by atoms with van der Waals surface area (Å²) >= 11 is 0. The average Bonchev–Trinajstić information content (AvgIpc) is 2.50. The molecule has 0 aromatic heterocycles. The number of amidine groups is 1. The van der Waals surface area contributed by atoms with Gasteiger partial charge >= 0.3 is 5.97 Å². The topological polar surface area (TPSA) is 117 Å². The lowest BCUT2D eigenvalue weighted by Crippen LogP contribution is -2.45. The molecule has 0 aliphatic carbocycles. The second kappa shape index (κ2) is 6.35. The number of carbonyl (C=O) groups is 2. The van der Waals surface area contributed by atoms with Gasteiger partial charge in [0.2, 0.25) is 6.10 Å². The van der Waals surface area contributed by atoms with Crippen LogP contribution in [0.4, 0.5) is 0 Å². The number of phenols is 1. The number of benzene rings is 2. The van der Waals surface area contributed by atoms with Gasteiger partial charge in [-0.3, -0.25) is 10.2 Å². The lowest BCUT2D eigenvalue weighted by atomic mass is 10.1. The number of nitrogens with one attached hydrogen (secondary N) is 1. The molecule has 0 fully saturated rings. The number of rotatable bonds is 4. The Morgan fingerprint density at radius 2 is 1.78 bits per heavy atom. The van der Waals surface area contributed by atoms with Crippen molar-refractivity contribution in [2.75, 3.05) is 14.1 Å². The van der Waals surface area contributed by atoms with Gasteiger partial charge in [-0.25, -0.2) is 4.79 Å². The summed E-state index contributed by atoms with van der Waals surface area (Å²) in [6.07, 6.45) is -1.45. The lowest BCUT2D eigenvalue weighted by molar-refractivity contribution is -0.134. The summed E-state index contributed by atoms with van der Waals surface area (Å²) in [4.78, 5) is 25.3. The highest BCUT2D eigenvalue weighted by atomic mass is 16.5. The Morgan fingerprint density at radius 1 is 1.17 bits per heavy atom. The predicted molar refractivity (Wildman–Crippen MR) is 85.4 cm³/mol. The highest BCUT2D eigenvalue weighted by molar-refractivity contribution is 6.06. The molecule has 4 N–H and O–H groups in total. The van der Waals surface area contributed by atoms with E-state index in [0.29, 0.717) is 0 Å². The molecule has 0 bridgehead atoms. The average molecular weight is 315 g/mol. The third kappa shape index (κ3) is 3.57. The van der Waals surface area contributed by atoms with Crippen LogP contribution in [0.2, 0.25) is 0 Å². The first-order valence-corrected chi connectivity index (χ1v) is 6.78. The minimum Gasteiger partial charge on any atom is -0.508 e. The van der Waals surface area contributed by atoms with Crippen molar-refractivity contribution in [1.82, 2.24) is 4.90 Å². The highest BCUT2D eigenvalue weighted by Gasteiger charge is 2.28. The molecule has 23 heavy (non-hydrogen) atoms. The Morgan fingerprint density at radius 3 is 2.39 bits per heavy atom. The highest BCUT2D eigenvalue weighted by Crippen LogP contribution is 2.21. The Hall–Kier alpha value is -3.09. The predicted octanol–water partition coefficient (Wildman–Crippen LogP) is 1.09. The lowest BCUT2D eigenvalue weighted by Gasteiger charge is -2.19. The third-order valence-electron chi connectivity index (χ3n) is 3.23. The Labute approximate surface area is 132 Å². The van der Waals surface area contributed by atoms with Crippen LogP contribution in [0.3, 0.4) is 0 Å². The van der Waals surface area contributed by atoms with Crippen molar-refractivity contribution in [3.63, 3.8) is 0 Å². The van der Waals surface area contributed by atoms with Crippen molar-refractivity contribution in [3.8, 4) is 5.75 Å². The van der Waals surface area contributed by atoms with Crippen molar-refractivity contribution in [2.45, 2.75) is 6.10 Å². The van der Waals surface area contributed by atoms with Gasteiger partial charge in [0.15, 0.2) is 0 Å². The van der Waals surface area contributed by atoms with E-state index in [4.69, 9.17) is 15.9 Å². The molecule has 0 spiro atoms. The minimum absolute atomic E-state index is 0.126. The number of hydrogen-bond acceptors (Lipinski definition) is 5. The van der Waals surface area contributed by atoms with E-state index < -0.39 is 23.8 Å². The monoisotopic (exact) mass is 315 g/mol. The van der Waals surface area contributed by atoms with Crippen LogP contribution in [0, 0.1) is 5.41 Å². The van der Waals surface area contributed by atoms with E-state index in [9.17, 15) is 14.7 Å². The van der Waals surface area contributed by atoms with Gasteiger partial charge in [-0.15, -0.1) is 0 Å². The second-order valence-corrected chi connectivity index (χ2v) is 5.22. The van der Waals surface area contributed by atoms with E-state index >= 15 is 0 Å². The largest absolute Gasteiger partial charge is 0.508 e. The molecule has 1 unspecified atom stereocenters. The number of aromatic hydroxyl groups is 1. The SMILES string of the molecule is CN(C)C(=O)C(OC(=O)c1ccc2cc(O)ccc2c1)C(=N)N. The number of ether oxygens (including phenoxy) is 1. The summed E-state index contributed by atoms with van der Waals surface area (Å²) in [6, 6.07) is 9.48. The van der Waals surface area contributed by atoms with Crippen LogP contribution in [0.1, 0.15) is 10.4 Å². The number of amides is 1. The molecule has 7 nitrogen and oxygen atoms in total. The van der Waals surface area contributed by atoms with Crippen molar-refractivity contribution < 1.29 is 19.4 Å².